The number of hydrogen-bond donors (Lipinski definition) is 0. The Labute approximate surface area is 129 Å². The monoisotopic (exact) mass is 284 g/mol. The van der Waals surface area contributed by atoms with Crippen molar-refractivity contribution in [3.8, 4) is 0 Å². The predicted molar refractivity (Wildman–Crippen MR) is 88.8 cm³/mol. The summed E-state index contributed by atoms with van der Waals surface area (Å²) in [5, 5.41) is 0. The van der Waals surface area contributed by atoms with Crippen LogP contribution in [0.15, 0.2) is 24.3 Å². The van der Waals surface area contributed by atoms with Crippen LogP contribution >= 0.6 is 0 Å². The Bertz CT molecular complexity index is 478. The maximum atomic E-state index is 2.80. The quantitative estimate of drug-likeness (QED) is 0.817. The Morgan fingerprint density at radius 1 is 0.857 bits per heavy atom. The summed E-state index contributed by atoms with van der Waals surface area (Å²) in [6, 6.07) is 9.74. The van der Waals surface area contributed by atoms with Gasteiger partial charge in [0, 0.05) is 37.9 Å². The highest BCUT2D eigenvalue weighted by atomic mass is 15.3. The van der Waals surface area contributed by atoms with E-state index in [1.54, 1.807) is 6.42 Å². The average Bonchev–Trinajstić information content (AvgIpc) is 2.86. The zero-order valence-electron chi connectivity index (χ0n) is 13.3. The van der Waals surface area contributed by atoms with Crippen LogP contribution in [-0.4, -0.2) is 37.1 Å². The van der Waals surface area contributed by atoms with Crippen molar-refractivity contribution in [1.29, 1.82) is 0 Å². The molecule has 3 fully saturated rings. The van der Waals surface area contributed by atoms with Gasteiger partial charge in [-0.3, -0.25) is 4.90 Å². The number of para-hydroxylation sites is 1. The molecule has 2 atom stereocenters. The van der Waals surface area contributed by atoms with Crippen LogP contribution in [0.2, 0.25) is 0 Å². The zero-order valence-corrected chi connectivity index (χ0v) is 13.3. The van der Waals surface area contributed by atoms with Crippen LogP contribution < -0.4 is 4.90 Å². The molecule has 2 nitrogen and oxygen atoms in total. The van der Waals surface area contributed by atoms with Crippen molar-refractivity contribution in [2.45, 2.75) is 45.1 Å². The summed E-state index contributed by atoms with van der Waals surface area (Å²) < 4.78 is 0. The van der Waals surface area contributed by atoms with E-state index in [0.29, 0.717) is 0 Å². The van der Waals surface area contributed by atoms with Gasteiger partial charge in [0.15, 0.2) is 0 Å². The molecule has 21 heavy (non-hydrogen) atoms. The standard InChI is InChI=1S/C19H28N2/c1-15-4-2-3-5-19(15)21-10-8-20(9-11-21)18-13-16-6-7-17(12-16)14-18/h2-5,16-18H,6-14H2,1H3/t16-,17-/m0/s1. The van der Waals surface area contributed by atoms with Crippen LogP contribution in [0.25, 0.3) is 0 Å². The number of aryl methyl sites for hydroxylation is 1. The van der Waals surface area contributed by atoms with Crippen molar-refractivity contribution in [1.82, 2.24) is 4.90 Å². The van der Waals surface area contributed by atoms with Gasteiger partial charge in [0.05, 0.1) is 0 Å². The van der Waals surface area contributed by atoms with E-state index in [1.807, 2.05) is 0 Å². The molecule has 1 aromatic rings. The summed E-state index contributed by atoms with van der Waals surface area (Å²) in [4.78, 5) is 5.39. The first-order valence-corrected chi connectivity index (χ1v) is 8.84. The zero-order chi connectivity index (χ0) is 14.2. The van der Waals surface area contributed by atoms with E-state index in [1.165, 1.54) is 63.1 Å². The van der Waals surface area contributed by atoms with Gasteiger partial charge in [-0.15, -0.1) is 0 Å². The minimum atomic E-state index is 0.898. The van der Waals surface area contributed by atoms with Crippen LogP contribution in [-0.2, 0) is 0 Å². The fourth-order valence-corrected chi connectivity index (χ4v) is 5.02. The molecule has 0 unspecified atom stereocenters. The third-order valence-electron chi connectivity index (χ3n) is 6.15. The van der Waals surface area contributed by atoms with Gasteiger partial charge >= 0.3 is 0 Å². The number of anilines is 1. The molecule has 0 amide bonds. The summed E-state index contributed by atoms with van der Waals surface area (Å²) in [5.74, 6) is 2.12. The molecule has 4 rings (SSSR count). The van der Waals surface area contributed by atoms with Gasteiger partial charge in [0.1, 0.15) is 0 Å². The fourth-order valence-electron chi connectivity index (χ4n) is 5.02. The largest absolute Gasteiger partial charge is 0.369 e. The Balaban J connectivity index is 1.38. The number of benzene rings is 1. The molecular weight excluding hydrogens is 256 g/mol. The Hall–Kier alpha value is -1.02. The van der Waals surface area contributed by atoms with Crippen LogP contribution in [0.4, 0.5) is 5.69 Å². The van der Waals surface area contributed by atoms with Crippen molar-refractivity contribution in [2.24, 2.45) is 11.8 Å². The van der Waals surface area contributed by atoms with Crippen molar-refractivity contribution in [3.63, 3.8) is 0 Å². The van der Waals surface area contributed by atoms with Crippen LogP contribution in [0.1, 0.15) is 37.7 Å². The van der Waals surface area contributed by atoms with Crippen molar-refractivity contribution in [3.05, 3.63) is 29.8 Å². The molecule has 1 aliphatic heterocycles. The Kier molecular flexibility index (Phi) is 3.66. The second kappa shape index (κ2) is 5.64. The molecule has 2 aliphatic carbocycles. The SMILES string of the molecule is Cc1ccccc1N1CCN(C2C[C@H]3CC[C@H](C2)C3)CC1. The number of rotatable bonds is 2. The summed E-state index contributed by atoms with van der Waals surface area (Å²) in [6.07, 6.45) is 7.55. The van der Waals surface area contributed by atoms with E-state index in [9.17, 15) is 0 Å². The third-order valence-corrected chi connectivity index (χ3v) is 6.15. The molecule has 2 saturated carbocycles. The second-order valence-corrected chi connectivity index (χ2v) is 7.48. The van der Waals surface area contributed by atoms with E-state index < -0.39 is 0 Å². The molecule has 0 spiro atoms. The minimum absolute atomic E-state index is 0.898. The first-order chi connectivity index (χ1) is 10.3. The van der Waals surface area contributed by atoms with Gasteiger partial charge in [0.25, 0.3) is 0 Å². The molecule has 3 aliphatic rings. The first-order valence-electron chi connectivity index (χ1n) is 8.84. The van der Waals surface area contributed by atoms with E-state index in [4.69, 9.17) is 0 Å². The highest BCUT2D eigenvalue weighted by molar-refractivity contribution is 5.53. The number of hydrogen-bond acceptors (Lipinski definition) is 2. The molecular formula is C19H28N2. The van der Waals surface area contributed by atoms with Crippen LogP contribution in [0, 0.1) is 18.8 Å². The van der Waals surface area contributed by atoms with E-state index >= 15 is 0 Å². The predicted octanol–water partition coefficient (Wildman–Crippen LogP) is 3.70. The maximum absolute atomic E-state index is 2.80. The van der Waals surface area contributed by atoms with E-state index in [-0.39, 0.29) is 0 Å². The molecule has 0 radical (unpaired) electrons. The van der Waals surface area contributed by atoms with Gasteiger partial charge in [-0.05, 0) is 49.7 Å². The van der Waals surface area contributed by atoms with Gasteiger partial charge in [-0.2, -0.15) is 0 Å². The summed E-state index contributed by atoms with van der Waals surface area (Å²) in [7, 11) is 0. The summed E-state index contributed by atoms with van der Waals surface area (Å²) in [5.41, 5.74) is 2.86. The van der Waals surface area contributed by atoms with Gasteiger partial charge in [0.2, 0.25) is 0 Å². The van der Waals surface area contributed by atoms with Gasteiger partial charge in [-0.25, -0.2) is 0 Å². The highest BCUT2D eigenvalue weighted by Gasteiger charge is 2.37. The van der Waals surface area contributed by atoms with Crippen molar-refractivity contribution < 1.29 is 0 Å². The smallest absolute Gasteiger partial charge is 0.0396 e. The van der Waals surface area contributed by atoms with E-state index in [2.05, 4.69) is 41.0 Å². The number of nitrogens with zero attached hydrogens (tertiary/aromatic N) is 2. The number of piperazine rings is 1. The van der Waals surface area contributed by atoms with Gasteiger partial charge in [-0.1, -0.05) is 31.0 Å². The Morgan fingerprint density at radius 2 is 1.52 bits per heavy atom. The lowest BCUT2D eigenvalue weighted by atomic mass is 9.84. The third kappa shape index (κ3) is 2.70. The van der Waals surface area contributed by atoms with E-state index in [0.717, 1.165) is 17.9 Å². The lowest BCUT2D eigenvalue weighted by Gasteiger charge is -2.43. The molecule has 0 aromatic heterocycles. The maximum Gasteiger partial charge on any atom is 0.0396 e. The molecule has 1 aromatic carbocycles. The normalized spacial score (nSPS) is 33.4. The first kappa shape index (κ1) is 13.6. The lowest BCUT2D eigenvalue weighted by molar-refractivity contribution is 0.119. The lowest BCUT2D eigenvalue weighted by Crippen LogP contribution is -2.51. The topological polar surface area (TPSA) is 6.48 Å². The minimum Gasteiger partial charge on any atom is -0.369 e. The molecule has 2 heteroatoms. The Morgan fingerprint density at radius 3 is 2.19 bits per heavy atom. The molecule has 1 saturated heterocycles. The van der Waals surface area contributed by atoms with Crippen molar-refractivity contribution in [2.75, 3.05) is 31.1 Å². The van der Waals surface area contributed by atoms with Crippen LogP contribution in [0.5, 0.6) is 0 Å². The molecule has 114 valence electrons. The average molecular weight is 284 g/mol. The molecule has 0 N–H and O–H groups in total. The highest BCUT2D eigenvalue weighted by Crippen LogP contribution is 2.43. The summed E-state index contributed by atoms with van der Waals surface area (Å²) >= 11 is 0. The van der Waals surface area contributed by atoms with Crippen LogP contribution in [0.3, 0.4) is 0 Å². The summed E-state index contributed by atoms with van der Waals surface area (Å²) in [6.45, 7) is 7.17. The van der Waals surface area contributed by atoms with Crippen molar-refractivity contribution >= 4 is 5.69 Å². The van der Waals surface area contributed by atoms with Gasteiger partial charge < -0.3 is 4.90 Å². The molecule has 2 bridgehead atoms. The second-order valence-electron chi connectivity index (χ2n) is 7.48. The fraction of sp³-hybridized carbons (Fsp3) is 0.684. The number of fused-ring (bicyclic) bond motifs is 2. The molecule has 1 heterocycles.